The molecule has 2 aromatic carbocycles. The summed E-state index contributed by atoms with van der Waals surface area (Å²) in [6, 6.07) is 11.5. The van der Waals surface area contributed by atoms with Crippen LogP contribution in [0.4, 0.5) is 4.79 Å². The first kappa shape index (κ1) is 17.1. The highest BCUT2D eigenvalue weighted by Gasteiger charge is 2.27. The summed E-state index contributed by atoms with van der Waals surface area (Å²) in [5.41, 5.74) is 6.35. The van der Waals surface area contributed by atoms with Gasteiger partial charge >= 0.3 is 6.03 Å². The van der Waals surface area contributed by atoms with Gasteiger partial charge in [-0.3, -0.25) is 4.79 Å². The Morgan fingerprint density at radius 3 is 2.76 bits per heavy atom. The lowest BCUT2D eigenvalue weighted by Gasteiger charge is -2.30. The molecule has 0 spiro atoms. The Hall–Kier alpha value is -2.76. The first-order valence-corrected chi connectivity index (χ1v) is 8.45. The number of fused-ring (bicyclic) bond motifs is 1. The lowest BCUT2D eigenvalue weighted by atomic mass is 9.97. The number of nitrogens with zero attached hydrogens (tertiary/aromatic N) is 1. The standard InChI is InChI=1S/C19H23N3O3/c1-25-17-7-6-14-9-13(4-5-15(14)10-17)11-21-18(23)16-3-2-8-22(12-16)19(20)24/h4-7,9-10,16H,2-3,8,11-12H2,1H3,(H2,20,24)(H,21,23). The Balaban J connectivity index is 1.62. The molecule has 1 atom stereocenters. The van der Waals surface area contributed by atoms with Crippen LogP contribution in [0.2, 0.25) is 0 Å². The molecule has 0 aromatic heterocycles. The van der Waals surface area contributed by atoms with Crippen LogP contribution >= 0.6 is 0 Å². The summed E-state index contributed by atoms with van der Waals surface area (Å²) in [5.74, 6) is 0.608. The first-order valence-electron chi connectivity index (χ1n) is 8.45. The summed E-state index contributed by atoms with van der Waals surface area (Å²) in [4.78, 5) is 25.2. The summed E-state index contributed by atoms with van der Waals surface area (Å²) < 4.78 is 5.23. The second-order valence-corrected chi connectivity index (χ2v) is 6.39. The number of nitrogens with one attached hydrogen (secondary N) is 1. The number of methoxy groups -OCH3 is 1. The topological polar surface area (TPSA) is 84.7 Å². The van der Waals surface area contributed by atoms with Crippen LogP contribution in [0.5, 0.6) is 5.75 Å². The van der Waals surface area contributed by atoms with Crippen LogP contribution in [-0.2, 0) is 11.3 Å². The minimum atomic E-state index is -0.456. The lowest BCUT2D eigenvalue weighted by molar-refractivity contribution is -0.126. The van der Waals surface area contributed by atoms with Gasteiger partial charge in [-0.25, -0.2) is 4.79 Å². The number of rotatable bonds is 4. The van der Waals surface area contributed by atoms with Gasteiger partial charge in [0, 0.05) is 19.6 Å². The third kappa shape index (κ3) is 4.02. The molecule has 3 N–H and O–H groups in total. The van der Waals surface area contributed by atoms with Crippen molar-refractivity contribution in [2.24, 2.45) is 11.7 Å². The van der Waals surface area contributed by atoms with Crippen LogP contribution < -0.4 is 15.8 Å². The first-order chi connectivity index (χ1) is 12.1. The molecule has 2 aromatic rings. The second kappa shape index (κ2) is 7.42. The molecule has 0 bridgehead atoms. The maximum Gasteiger partial charge on any atom is 0.314 e. The Morgan fingerprint density at radius 1 is 1.24 bits per heavy atom. The molecule has 1 aliphatic rings. The summed E-state index contributed by atoms with van der Waals surface area (Å²) in [6.45, 7) is 1.50. The molecule has 6 nitrogen and oxygen atoms in total. The fourth-order valence-electron chi connectivity index (χ4n) is 3.24. The molecule has 1 unspecified atom stereocenters. The predicted octanol–water partition coefficient (Wildman–Crippen LogP) is 2.26. The van der Waals surface area contributed by atoms with E-state index in [2.05, 4.69) is 11.4 Å². The SMILES string of the molecule is COc1ccc2cc(CNC(=O)C3CCCN(C(N)=O)C3)ccc2c1. The van der Waals surface area contributed by atoms with Crippen molar-refractivity contribution >= 4 is 22.7 Å². The van der Waals surface area contributed by atoms with Crippen molar-refractivity contribution in [1.82, 2.24) is 10.2 Å². The van der Waals surface area contributed by atoms with Crippen LogP contribution in [0.25, 0.3) is 10.8 Å². The van der Waals surface area contributed by atoms with Gasteiger partial charge in [-0.05, 0) is 47.4 Å². The van der Waals surface area contributed by atoms with Crippen LogP contribution in [0.15, 0.2) is 36.4 Å². The average Bonchev–Trinajstić information content (AvgIpc) is 2.65. The summed E-state index contributed by atoms with van der Waals surface area (Å²) in [7, 11) is 1.65. The molecule has 25 heavy (non-hydrogen) atoms. The summed E-state index contributed by atoms with van der Waals surface area (Å²) in [5, 5.41) is 5.17. The molecule has 1 heterocycles. The van der Waals surface area contributed by atoms with E-state index < -0.39 is 6.03 Å². The Bertz CT molecular complexity index is 791. The molecular formula is C19H23N3O3. The molecule has 1 aliphatic heterocycles. The van der Waals surface area contributed by atoms with E-state index >= 15 is 0 Å². The molecule has 0 saturated carbocycles. The maximum atomic E-state index is 12.4. The van der Waals surface area contributed by atoms with Gasteiger partial charge in [-0.1, -0.05) is 18.2 Å². The summed E-state index contributed by atoms with van der Waals surface area (Å²) in [6.07, 6.45) is 1.59. The normalized spacial score (nSPS) is 17.3. The number of hydrogen-bond donors (Lipinski definition) is 2. The monoisotopic (exact) mass is 341 g/mol. The van der Waals surface area contributed by atoms with Crippen molar-refractivity contribution in [2.45, 2.75) is 19.4 Å². The molecule has 1 fully saturated rings. The third-order valence-corrected chi connectivity index (χ3v) is 4.68. The highest BCUT2D eigenvalue weighted by atomic mass is 16.5. The molecule has 132 valence electrons. The maximum absolute atomic E-state index is 12.4. The molecule has 0 aliphatic carbocycles. The van der Waals surface area contributed by atoms with Gasteiger partial charge in [0.15, 0.2) is 0 Å². The molecule has 6 heteroatoms. The van der Waals surface area contributed by atoms with Gasteiger partial charge in [0.2, 0.25) is 5.91 Å². The number of primary amides is 1. The van der Waals surface area contributed by atoms with Gasteiger partial charge in [-0.15, -0.1) is 0 Å². The van der Waals surface area contributed by atoms with Gasteiger partial charge < -0.3 is 20.7 Å². The number of benzene rings is 2. The fourth-order valence-corrected chi connectivity index (χ4v) is 3.24. The third-order valence-electron chi connectivity index (χ3n) is 4.68. The number of likely N-dealkylation sites (tertiary alicyclic amines) is 1. The molecule has 3 amide bonds. The van der Waals surface area contributed by atoms with Crippen molar-refractivity contribution in [3.63, 3.8) is 0 Å². The highest BCUT2D eigenvalue weighted by molar-refractivity contribution is 5.85. The predicted molar refractivity (Wildman–Crippen MR) is 96.2 cm³/mol. The molecule has 3 rings (SSSR count). The Morgan fingerprint density at radius 2 is 2.00 bits per heavy atom. The van der Waals surface area contributed by atoms with E-state index in [1.54, 1.807) is 7.11 Å². The number of hydrogen-bond acceptors (Lipinski definition) is 3. The van der Waals surface area contributed by atoms with E-state index in [-0.39, 0.29) is 11.8 Å². The van der Waals surface area contributed by atoms with E-state index in [4.69, 9.17) is 10.5 Å². The number of carbonyl (C=O) groups excluding carboxylic acids is 2. The largest absolute Gasteiger partial charge is 0.497 e. The fraction of sp³-hybridized carbons (Fsp3) is 0.368. The molecular weight excluding hydrogens is 318 g/mol. The number of carbonyl (C=O) groups is 2. The minimum absolute atomic E-state index is 0.0271. The number of ether oxygens (including phenoxy) is 1. The van der Waals surface area contributed by atoms with Gasteiger partial charge in [-0.2, -0.15) is 0 Å². The van der Waals surface area contributed by atoms with Crippen molar-refractivity contribution in [3.05, 3.63) is 42.0 Å². The summed E-state index contributed by atoms with van der Waals surface area (Å²) >= 11 is 0. The number of amides is 3. The quantitative estimate of drug-likeness (QED) is 0.894. The minimum Gasteiger partial charge on any atom is -0.497 e. The lowest BCUT2D eigenvalue weighted by Crippen LogP contribution is -2.47. The van der Waals surface area contributed by atoms with E-state index in [0.29, 0.717) is 19.6 Å². The zero-order valence-corrected chi connectivity index (χ0v) is 14.3. The zero-order valence-electron chi connectivity index (χ0n) is 14.3. The van der Waals surface area contributed by atoms with E-state index in [9.17, 15) is 9.59 Å². The van der Waals surface area contributed by atoms with Crippen molar-refractivity contribution in [1.29, 1.82) is 0 Å². The van der Waals surface area contributed by atoms with Crippen molar-refractivity contribution in [3.8, 4) is 5.75 Å². The van der Waals surface area contributed by atoms with Crippen LogP contribution in [0.1, 0.15) is 18.4 Å². The van der Waals surface area contributed by atoms with Crippen LogP contribution in [0.3, 0.4) is 0 Å². The second-order valence-electron chi connectivity index (χ2n) is 6.39. The van der Waals surface area contributed by atoms with Crippen LogP contribution in [0, 0.1) is 5.92 Å². The van der Waals surface area contributed by atoms with E-state index in [1.807, 2.05) is 30.3 Å². The number of urea groups is 1. The molecule has 0 radical (unpaired) electrons. The van der Waals surface area contributed by atoms with Crippen molar-refractivity contribution in [2.75, 3.05) is 20.2 Å². The van der Waals surface area contributed by atoms with Crippen molar-refractivity contribution < 1.29 is 14.3 Å². The Labute approximate surface area is 146 Å². The highest BCUT2D eigenvalue weighted by Crippen LogP contribution is 2.22. The Kier molecular flexibility index (Phi) is 5.07. The van der Waals surface area contributed by atoms with Gasteiger partial charge in [0.05, 0.1) is 13.0 Å². The van der Waals surface area contributed by atoms with Gasteiger partial charge in [0.25, 0.3) is 0 Å². The van der Waals surface area contributed by atoms with Crippen LogP contribution in [-0.4, -0.2) is 37.0 Å². The molecule has 1 saturated heterocycles. The van der Waals surface area contributed by atoms with E-state index in [0.717, 1.165) is 34.9 Å². The zero-order chi connectivity index (χ0) is 17.8. The average molecular weight is 341 g/mol. The number of nitrogens with two attached hydrogens (primary N) is 1. The van der Waals surface area contributed by atoms with Gasteiger partial charge in [0.1, 0.15) is 5.75 Å². The smallest absolute Gasteiger partial charge is 0.314 e. The van der Waals surface area contributed by atoms with E-state index in [1.165, 1.54) is 4.90 Å². The number of piperidine rings is 1.